The summed E-state index contributed by atoms with van der Waals surface area (Å²) in [6, 6.07) is 15.4. The first-order chi connectivity index (χ1) is 13.1. The second-order valence-electron chi connectivity index (χ2n) is 6.84. The monoisotopic (exact) mass is 393 g/mol. The lowest BCUT2D eigenvalue weighted by Gasteiger charge is -2.16. The number of fused-ring (bicyclic) bond motifs is 1. The molecule has 134 valence electrons. The standard InChI is InChI=1S/C21H16ClN3OS/c22-16-5-3-15(4-6-16)21(9-10-21)19(26)23-17-7-1-14(2-8-17)18-13-25-11-12-27-20(25)24-18/h1-8,11-13H,9-10H2,(H,23,26). The van der Waals surface area contributed by atoms with E-state index in [2.05, 4.69) is 10.3 Å². The third-order valence-electron chi connectivity index (χ3n) is 5.11. The van der Waals surface area contributed by atoms with Gasteiger partial charge < -0.3 is 5.32 Å². The summed E-state index contributed by atoms with van der Waals surface area (Å²) >= 11 is 7.58. The molecule has 0 bridgehead atoms. The summed E-state index contributed by atoms with van der Waals surface area (Å²) in [5, 5.41) is 5.76. The van der Waals surface area contributed by atoms with Crippen LogP contribution in [0.5, 0.6) is 0 Å². The van der Waals surface area contributed by atoms with E-state index in [4.69, 9.17) is 11.6 Å². The molecule has 4 aromatic rings. The normalized spacial score (nSPS) is 15.0. The zero-order valence-corrected chi connectivity index (χ0v) is 15.9. The van der Waals surface area contributed by atoms with Gasteiger partial charge in [-0.05, 0) is 42.7 Å². The maximum Gasteiger partial charge on any atom is 0.235 e. The molecule has 0 spiro atoms. The van der Waals surface area contributed by atoms with E-state index < -0.39 is 5.41 Å². The van der Waals surface area contributed by atoms with Crippen molar-refractivity contribution in [3.8, 4) is 11.3 Å². The largest absolute Gasteiger partial charge is 0.325 e. The molecular weight excluding hydrogens is 378 g/mol. The van der Waals surface area contributed by atoms with Crippen LogP contribution in [0.1, 0.15) is 18.4 Å². The number of rotatable bonds is 4. The molecule has 4 nitrogen and oxygen atoms in total. The first-order valence-corrected chi connectivity index (χ1v) is 10.00. The van der Waals surface area contributed by atoms with Crippen LogP contribution in [0.3, 0.4) is 0 Å². The Bertz CT molecular complexity index is 1100. The molecule has 1 aliphatic rings. The predicted octanol–water partition coefficient (Wildman–Crippen LogP) is 5.39. The number of halogens is 1. The summed E-state index contributed by atoms with van der Waals surface area (Å²) in [6.45, 7) is 0. The SMILES string of the molecule is O=C(Nc1ccc(-c2cn3ccsc3n2)cc1)C1(c2ccc(Cl)cc2)CC1. The molecule has 27 heavy (non-hydrogen) atoms. The Morgan fingerprint density at radius 1 is 1.11 bits per heavy atom. The molecule has 2 aromatic carbocycles. The van der Waals surface area contributed by atoms with Crippen LogP contribution in [0.4, 0.5) is 5.69 Å². The van der Waals surface area contributed by atoms with Crippen molar-refractivity contribution in [2.45, 2.75) is 18.3 Å². The van der Waals surface area contributed by atoms with Crippen molar-refractivity contribution in [2.75, 3.05) is 5.32 Å². The van der Waals surface area contributed by atoms with Crippen molar-refractivity contribution in [3.05, 3.63) is 76.9 Å². The number of amides is 1. The van der Waals surface area contributed by atoms with Gasteiger partial charge in [0.2, 0.25) is 5.91 Å². The molecule has 6 heteroatoms. The number of aromatic nitrogens is 2. The second kappa shape index (κ2) is 6.22. The first-order valence-electron chi connectivity index (χ1n) is 8.74. The second-order valence-corrected chi connectivity index (χ2v) is 8.15. The average Bonchev–Trinajstić information content (AvgIpc) is 3.21. The van der Waals surface area contributed by atoms with E-state index in [1.54, 1.807) is 11.3 Å². The van der Waals surface area contributed by atoms with E-state index in [9.17, 15) is 4.79 Å². The van der Waals surface area contributed by atoms with Gasteiger partial charge in [-0.2, -0.15) is 0 Å². The van der Waals surface area contributed by atoms with Crippen molar-refractivity contribution in [3.63, 3.8) is 0 Å². The van der Waals surface area contributed by atoms with Gasteiger partial charge >= 0.3 is 0 Å². The van der Waals surface area contributed by atoms with Crippen LogP contribution in [0.25, 0.3) is 16.2 Å². The molecule has 1 fully saturated rings. The van der Waals surface area contributed by atoms with Crippen LogP contribution in [0, 0.1) is 0 Å². The lowest BCUT2D eigenvalue weighted by Crippen LogP contribution is -2.27. The molecule has 0 aliphatic heterocycles. The predicted molar refractivity (Wildman–Crippen MR) is 109 cm³/mol. The Kier molecular flexibility index (Phi) is 3.81. The Morgan fingerprint density at radius 3 is 2.52 bits per heavy atom. The number of hydrogen-bond acceptors (Lipinski definition) is 3. The molecule has 5 rings (SSSR count). The maximum atomic E-state index is 12.9. The summed E-state index contributed by atoms with van der Waals surface area (Å²) in [4.78, 5) is 18.4. The van der Waals surface area contributed by atoms with Gasteiger partial charge in [-0.3, -0.25) is 9.20 Å². The molecule has 2 aromatic heterocycles. The van der Waals surface area contributed by atoms with E-state index in [1.807, 2.05) is 70.7 Å². The van der Waals surface area contributed by atoms with E-state index in [1.165, 1.54) is 0 Å². The van der Waals surface area contributed by atoms with Crippen LogP contribution < -0.4 is 5.32 Å². The molecule has 0 saturated heterocycles. The summed E-state index contributed by atoms with van der Waals surface area (Å²) in [5.74, 6) is 0.0417. The van der Waals surface area contributed by atoms with Gasteiger partial charge in [0.1, 0.15) is 0 Å². The minimum atomic E-state index is -0.419. The molecule has 1 amide bonds. The third kappa shape index (κ3) is 2.93. The number of carbonyl (C=O) groups is 1. The number of imidazole rings is 1. The Labute approximate surface area is 165 Å². The first kappa shape index (κ1) is 16.5. The van der Waals surface area contributed by atoms with E-state index in [0.717, 1.165) is 40.3 Å². The van der Waals surface area contributed by atoms with Gasteiger partial charge in [0, 0.05) is 34.0 Å². The Hall–Kier alpha value is -2.63. The van der Waals surface area contributed by atoms with Gasteiger partial charge in [0.05, 0.1) is 11.1 Å². The lowest BCUT2D eigenvalue weighted by molar-refractivity contribution is -0.118. The molecular formula is C21H16ClN3OS. The van der Waals surface area contributed by atoms with Crippen LogP contribution >= 0.6 is 22.9 Å². The minimum absolute atomic E-state index is 0.0417. The van der Waals surface area contributed by atoms with Gasteiger partial charge in [-0.1, -0.05) is 35.9 Å². The van der Waals surface area contributed by atoms with E-state index >= 15 is 0 Å². The molecule has 0 atom stereocenters. The van der Waals surface area contributed by atoms with Gasteiger partial charge in [-0.15, -0.1) is 11.3 Å². The highest BCUT2D eigenvalue weighted by Crippen LogP contribution is 2.49. The fourth-order valence-electron chi connectivity index (χ4n) is 3.38. The Balaban J connectivity index is 1.34. The van der Waals surface area contributed by atoms with Crippen LogP contribution in [-0.2, 0) is 10.2 Å². The number of carbonyl (C=O) groups excluding carboxylic acids is 1. The minimum Gasteiger partial charge on any atom is -0.325 e. The molecule has 1 aliphatic carbocycles. The molecule has 1 N–H and O–H groups in total. The Morgan fingerprint density at radius 2 is 1.85 bits per heavy atom. The topological polar surface area (TPSA) is 46.4 Å². The zero-order chi connectivity index (χ0) is 18.4. The number of anilines is 1. The van der Waals surface area contributed by atoms with Gasteiger partial charge in [0.15, 0.2) is 4.96 Å². The number of hydrogen-bond donors (Lipinski definition) is 1. The summed E-state index contributed by atoms with van der Waals surface area (Å²) < 4.78 is 2.01. The maximum absolute atomic E-state index is 12.9. The number of thiazole rings is 1. The highest BCUT2D eigenvalue weighted by molar-refractivity contribution is 7.15. The van der Waals surface area contributed by atoms with Crippen molar-refractivity contribution in [1.82, 2.24) is 9.38 Å². The van der Waals surface area contributed by atoms with Crippen molar-refractivity contribution in [1.29, 1.82) is 0 Å². The number of nitrogens with zero attached hydrogens (tertiary/aromatic N) is 2. The fraction of sp³-hybridized carbons (Fsp3) is 0.143. The zero-order valence-electron chi connectivity index (χ0n) is 14.4. The lowest BCUT2D eigenvalue weighted by atomic mass is 9.95. The van der Waals surface area contributed by atoms with Crippen molar-refractivity contribution in [2.24, 2.45) is 0 Å². The number of benzene rings is 2. The van der Waals surface area contributed by atoms with E-state index in [0.29, 0.717) is 5.02 Å². The van der Waals surface area contributed by atoms with E-state index in [-0.39, 0.29) is 5.91 Å². The molecule has 1 saturated carbocycles. The highest BCUT2D eigenvalue weighted by Gasteiger charge is 2.51. The fourth-order valence-corrected chi connectivity index (χ4v) is 4.21. The smallest absolute Gasteiger partial charge is 0.235 e. The van der Waals surface area contributed by atoms with Crippen LogP contribution in [-0.4, -0.2) is 15.3 Å². The quantitative estimate of drug-likeness (QED) is 0.505. The van der Waals surface area contributed by atoms with Crippen LogP contribution in [0.2, 0.25) is 5.02 Å². The van der Waals surface area contributed by atoms with Crippen LogP contribution in [0.15, 0.2) is 66.3 Å². The summed E-state index contributed by atoms with van der Waals surface area (Å²) in [7, 11) is 0. The molecule has 2 heterocycles. The summed E-state index contributed by atoms with van der Waals surface area (Å²) in [6.07, 6.45) is 5.74. The highest BCUT2D eigenvalue weighted by atomic mass is 35.5. The number of nitrogens with one attached hydrogen (secondary N) is 1. The average molecular weight is 394 g/mol. The van der Waals surface area contributed by atoms with Gasteiger partial charge in [0.25, 0.3) is 0 Å². The van der Waals surface area contributed by atoms with Gasteiger partial charge in [-0.25, -0.2) is 4.98 Å². The molecule has 0 radical (unpaired) electrons. The molecule has 0 unspecified atom stereocenters. The van der Waals surface area contributed by atoms with Crippen molar-refractivity contribution >= 4 is 39.5 Å². The third-order valence-corrected chi connectivity index (χ3v) is 6.14. The summed E-state index contributed by atoms with van der Waals surface area (Å²) in [5.41, 5.74) is 3.36. The van der Waals surface area contributed by atoms with Crippen molar-refractivity contribution < 1.29 is 4.79 Å².